The molecular weight excluding hydrogens is 436 g/mol. The van der Waals surface area contributed by atoms with Gasteiger partial charge in [-0.3, -0.25) is 0 Å². The fourth-order valence-corrected chi connectivity index (χ4v) is 5.28. The number of carbonyl (C=O) groups excluding carboxylic acids is 3. The number of hydrogen-bond donors (Lipinski definition) is 2. The normalized spacial score (nSPS) is 26.5. The zero-order chi connectivity index (χ0) is 25.9. The fraction of sp³-hybridized carbons (Fsp3) is 0.885. The molecule has 34 heavy (non-hydrogen) atoms. The van der Waals surface area contributed by atoms with Crippen LogP contribution in [0.15, 0.2) is 0 Å². The highest BCUT2D eigenvalue weighted by Crippen LogP contribution is 2.65. The van der Waals surface area contributed by atoms with Gasteiger partial charge >= 0.3 is 18.2 Å². The van der Waals surface area contributed by atoms with E-state index in [1.54, 1.807) is 20.8 Å². The average Bonchev–Trinajstić information content (AvgIpc) is 2.65. The molecule has 0 aromatic carbocycles. The molecule has 196 valence electrons. The minimum Gasteiger partial charge on any atom is -0.457 e. The molecule has 3 fully saturated rings. The molecule has 2 N–H and O–H groups in total. The number of carbonyl (C=O) groups is 3. The number of ether oxygens (including phenoxy) is 3. The van der Waals surface area contributed by atoms with E-state index >= 15 is 0 Å². The second-order valence-corrected chi connectivity index (χ2v) is 12.5. The molecule has 8 heteroatoms. The van der Waals surface area contributed by atoms with Gasteiger partial charge in [-0.25, -0.2) is 14.4 Å². The standard InChI is InChI=1S/C26H46N2O6/c1-17-13-14-18-16-26(17,25(18,8)9)32-20(29)19(28-22(31)34-24(5,6)7)12-10-11-15-27-21(30)33-23(2,3)4/h17-19H,10-16H2,1-9H3,(H,27,30)(H,28,31). The Labute approximate surface area is 205 Å². The second-order valence-electron chi connectivity index (χ2n) is 12.5. The van der Waals surface area contributed by atoms with E-state index in [2.05, 4.69) is 31.4 Å². The fourth-order valence-electron chi connectivity index (χ4n) is 5.28. The van der Waals surface area contributed by atoms with Crippen LogP contribution in [0, 0.1) is 17.3 Å². The van der Waals surface area contributed by atoms with E-state index < -0.39 is 41.0 Å². The average molecular weight is 483 g/mol. The van der Waals surface area contributed by atoms with E-state index in [9.17, 15) is 14.4 Å². The largest absolute Gasteiger partial charge is 0.457 e. The first kappa shape index (κ1) is 28.2. The Morgan fingerprint density at radius 1 is 0.941 bits per heavy atom. The third kappa shape index (κ3) is 7.01. The summed E-state index contributed by atoms with van der Waals surface area (Å²) in [7, 11) is 0. The van der Waals surface area contributed by atoms with Crippen molar-refractivity contribution in [3.8, 4) is 0 Å². The molecule has 4 unspecified atom stereocenters. The van der Waals surface area contributed by atoms with Gasteiger partial charge < -0.3 is 24.8 Å². The van der Waals surface area contributed by atoms with E-state index in [1.807, 2.05) is 20.8 Å². The van der Waals surface area contributed by atoms with Crippen LogP contribution < -0.4 is 10.6 Å². The summed E-state index contributed by atoms with van der Waals surface area (Å²) < 4.78 is 16.8. The van der Waals surface area contributed by atoms with Crippen LogP contribution in [0.4, 0.5) is 9.59 Å². The highest BCUT2D eigenvalue weighted by atomic mass is 16.6. The molecule has 0 saturated heterocycles. The molecule has 4 atom stereocenters. The summed E-state index contributed by atoms with van der Waals surface area (Å²) in [5.74, 6) is 0.426. The van der Waals surface area contributed by atoms with Gasteiger partial charge in [0.2, 0.25) is 0 Å². The van der Waals surface area contributed by atoms with Crippen LogP contribution in [0.1, 0.15) is 101 Å². The molecule has 3 saturated carbocycles. The van der Waals surface area contributed by atoms with Crippen LogP contribution in [-0.4, -0.2) is 47.5 Å². The van der Waals surface area contributed by atoms with Gasteiger partial charge in [0, 0.05) is 12.0 Å². The molecule has 0 aliphatic heterocycles. The molecule has 0 radical (unpaired) electrons. The second kappa shape index (κ2) is 10.3. The minimum absolute atomic E-state index is 0.0753. The third-order valence-electron chi connectivity index (χ3n) is 7.25. The quantitative estimate of drug-likeness (QED) is 0.275. The Kier molecular flexibility index (Phi) is 8.58. The van der Waals surface area contributed by atoms with E-state index in [-0.39, 0.29) is 11.3 Å². The Balaban J connectivity index is 1.97. The maximum absolute atomic E-state index is 13.3. The predicted octanol–water partition coefficient (Wildman–Crippen LogP) is 5.33. The van der Waals surface area contributed by atoms with Crippen LogP contribution >= 0.6 is 0 Å². The maximum atomic E-state index is 13.3. The summed E-state index contributed by atoms with van der Waals surface area (Å²) in [4.78, 5) is 37.6. The molecule has 0 heterocycles. The highest BCUT2D eigenvalue weighted by molar-refractivity contribution is 5.82. The first-order valence-corrected chi connectivity index (χ1v) is 12.7. The van der Waals surface area contributed by atoms with Crippen LogP contribution in [0.25, 0.3) is 0 Å². The molecular formula is C26H46N2O6. The number of nitrogens with one attached hydrogen (secondary N) is 2. The number of alkyl carbamates (subject to hydrolysis) is 2. The maximum Gasteiger partial charge on any atom is 0.408 e. The SMILES string of the molecule is CC1CCC2CC1(OC(=O)C(CCCCNC(=O)OC(C)(C)C)NC(=O)OC(C)(C)C)C2(C)C. The van der Waals surface area contributed by atoms with Gasteiger partial charge in [0.05, 0.1) is 0 Å². The number of rotatable bonds is 8. The summed E-state index contributed by atoms with van der Waals surface area (Å²) in [6, 6.07) is -0.810. The zero-order valence-corrected chi connectivity index (χ0v) is 22.6. The highest BCUT2D eigenvalue weighted by Gasteiger charge is 2.67. The van der Waals surface area contributed by atoms with Crippen LogP contribution in [0.2, 0.25) is 0 Å². The van der Waals surface area contributed by atoms with Crippen molar-refractivity contribution in [1.82, 2.24) is 10.6 Å². The van der Waals surface area contributed by atoms with Gasteiger partial charge in [-0.15, -0.1) is 0 Å². The van der Waals surface area contributed by atoms with Gasteiger partial charge in [0.1, 0.15) is 22.8 Å². The first-order chi connectivity index (χ1) is 15.5. The number of unbranched alkanes of at least 4 members (excludes halogenated alkanes) is 1. The Bertz CT molecular complexity index is 751. The molecule has 2 amide bonds. The lowest BCUT2D eigenvalue weighted by Crippen LogP contribution is -2.69. The van der Waals surface area contributed by atoms with Crippen molar-refractivity contribution < 1.29 is 28.6 Å². The number of fused-ring (bicyclic) bond motifs is 2. The van der Waals surface area contributed by atoms with Crippen molar-refractivity contribution in [2.75, 3.05) is 6.54 Å². The molecule has 0 aromatic rings. The summed E-state index contributed by atoms with van der Waals surface area (Å²) >= 11 is 0. The molecule has 2 bridgehead atoms. The zero-order valence-electron chi connectivity index (χ0n) is 22.6. The Hall–Kier alpha value is -1.99. The minimum atomic E-state index is -0.810. The number of amides is 2. The lowest BCUT2D eigenvalue weighted by atomic mass is 9.42. The summed E-state index contributed by atoms with van der Waals surface area (Å²) in [6.07, 6.45) is 3.62. The molecule has 3 aliphatic carbocycles. The first-order valence-electron chi connectivity index (χ1n) is 12.7. The van der Waals surface area contributed by atoms with Crippen molar-refractivity contribution in [3.63, 3.8) is 0 Å². The van der Waals surface area contributed by atoms with Gasteiger partial charge in [-0.05, 0) is 91.9 Å². The van der Waals surface area contributed by atoms with Crippen molar-refractivity contribution in [3.05, 3.63) is 0 Å². The van der Waals surface area contributed by atoms with Crippen LogP contribution in [0.3, 0.4) is 0 Å². The van der Waals surface area contributed by atoms with Crippen molar-refractivity contribution in [2.24, 2.45) is 17.3 Å². The van der Waals surface area contributed by atoms with E-state index in [1.165, 1.54) is 0 Å². The van der Waals surface area contributed by atoms with Crippen molar-refractivity contribution >= 4 is 18.2 Å². The van der Waals surface area contributed by atoms with Crippen LogP contribution in [-0.2, 0) is 19.0 Å². The lowest BCUT2D eigenvalue weighted by Gasteiger charge is -2.67. The molecule has 0 spiro atoms. The van der Waals surface area contributed by atoms with Crippen molar-refractivity contribution in [1.29, 1.82) is 0 Å². The Morgan fingerprint density at radius 3 is 2.06 bits per heavy atom. The molecule has 0 aromatic heterocycles. The summed E-state index contributed by atoms with van der Waals surface area (Å²) in [5, 5.41) is 5.44. The summed E-state index contributed by atoms with van der Waals surface area (Å²) in [6.45, 7) is 17.7. The molecule has 8 nitrogen and oxygen atoms in total. The van der Waals surface area contributed by atoms with Gasteiger partial charge in [-0.2, -0.15) is 0 Å². The van der Waals surface area contributed by atoms with Gasteiger partial charge in [0.25, 0.3) is 0 Å². The number of hydrogen-bond acceptors (Lipinski definition) is 6. The van der Waals surface area contributed by atoms with Crippen LogP contribution in [0.5, 0.6) is 0 Å². The lowest BCUT2D eigenvalue weighted by molar-refractivity contribution is -0.268. The van der Waals surface area contributed by atoms with E-state index in [0.717, 1.165) is 19.3 Å². The predicted molar refractivity (Wildman–Crippen MR) is 130 cm³/mol. The smallest absolute Gasteiger partial charge is 0.408 e. The molecule has 3 rings (SSSR count). The van der Waals surface area contributed by atoms with Crippen molar-refractivity contribution in [2.45, 2.75) is 124 Å². The Morgan fingerprint density at radius 2 is 1.53 bits per heavy atom. The van der Waals surface area contributed by atoms with E-state index in [0.29, 0.717) is 31.7 Å². The monoisotopic (exact) mass is 482 g/mol. The summed E-state index contributed by atoms with van der Waals surface area (Å²) in [5.41, 5.74) is -1.79. The van der Waals surface area contributed by atoms with Gasteiger partial charge in [0.15, 0.2) is 0 Å². The van der Waals surface area contributed by atoms with Gasteiger partial charge in [-0.1, -0.05) is 20.8 Å². The topological polar surface area (TPSA) is 103 Å². The molecule has 3 aliphatic rings. The number of esters is 1. The third-order valence-corrected chi connectivity index (χ3v) is 7.25. The van der Waals surface area contributed by atoms with E-state index in [4.69, 9.17) is 14.2 Å².